The summed E-state index contributed by atoms with van der Waals surface area (Å²) in [6, 6.07) is 7.52. The Kier molecular flexibility index (Phi) is 4.92. The molecule has 0 bridgehead atoms. The van der Waals surface area contributed by atoms with Gasteiger partial charge in [-0.05, 0) is 57.0 Å². The number of pyridine rings is 1. The van der Waals surface area contributed by atoms with Gasteiger partial charge in [0.2, 0.25) is 0 Å². The summed E-state index contributed by atoms with van der Waals surface area (Å²) in [6.07, 6.45) is 2.24. The van der Waals surface area contributed by atoms with Crippen molar-refractivity contribution in [3.63, 3.8) is 0 Å². The average molecular weight is 388 g/mol. The van der Waals surface area contributed by atoms with Crippen LogP contribution in [-0.2, 0) is 0 Å². The number of hydrogen-bond acceptors (Lipinski definition) is 6. The zero-order valence-electron chi connectivity index (χ0n) is 15.4. The molecular weight excluding hydrogens is 362 g/mol. The summed E-state index contributed by atoms with van der Waals surface area (Å²) in [4.78, 5) is 20.9. The Morgan fingerprint density at radius 2 is 2.22 bits per heavy atom. The summed E-state index contributed by atoms with van der Waals surface area (Å²) in [7, 11) is 0. The number of carboxylic acids is 1. The summed E-state index contributed by atoms with van der Waals surface area (Å²) in [5.74, 6) is -0.448. The van der Waals surface area contributed by atoms with Crippen molar-refractivity contribution in [3.05, 3.63) is 34.7 Å². The number of aromatic nitrogens is 1. The molecule has 6 nitrogen and oxygen atoms in total. The Morgan fingerprint density at radius 1 is 1.37 bits per heavy atom. The van der Waals surface area contributed by atoms with Crippen molar-refractivity contribution >= 4 is 23.1 Å². The molecule has 0 amide bonds. The molecule has 1 spiro atoms. The fraction of sp³-hybridized carbons (Fsp3) is 0.500. The number of piperidine rings is 2. The van der Waals surface area contributed by atoms with Crippen LogP contribution in [0.5, 0.6) is 0 Å². The van der Waals surface area contributed by atoms with Gasteiger partial charge in [-0.1, -0.05) is 0 Å². The summed E-state index contributed by atoms with van der Waals surface area (Å²) >= 11 is 1.65. The molecule has 2 aliphatic rings. The molecule has 0 aromatic carbocycles. The number of carboxylic acid groups (broad SMARTS) is 1. The third-order valence-electron chi connectivity index (χ3n) is 5.78. The van der Waals surface area contributed by atoms with E-state index in [1.165, 1.54) is 4.88 Å². The van der Waals surface area contributed by atoms with Crippen molar-refractivity contribution in [3.8, 4) is 10.6 Å². The van der Waals surface area contributed by atoms with Crippen LogP contribution in [0.2, 0.25) is 0 Å². The van der Waals surface area contributed by atoms with E-state index in [0.29, 0.717) is 12.4 Å². The normalized spacial score (nSPS) is 25.7. The molecule has 4 rings (SSSR count). The predicted molar refractivity (Wildman–Crippen MR) is 107 cm³/mol. The highest BCUT2D eigenvalue weighted by atomic mass is 32.1. The first-order chi connectivity index (χ1) is 13.0. The van der Waals surface area contributed by atoms with Crippen LogP contribution >= 0.6 is 11.3 Å². The first kappa shape index (κ1) is 18.4. The van der Waals surface area contributed by atoms with Crippen molar-refractivity contribution < 1.29 is 15.0 Å². The van der Waals surface area contributed by atoms with Gasteiger partial charge in [0.05, 0.1) is 16.7 Å². The maximum Gasteiger partial charge on any atom is 0.339 e. The Labute approximate surface area is 162 Å². The van der Waals surface area contributed by atoms with Gasteiger partial charge < -0.3 is 20.4 Å². The third-order valence-corrected chi connectivity index (χ3v) is 6.81. The highest BCUT2D eigenvalue weighted by Crippen LogP contribution is 2.39. The second-order valence-electron chi connectivity index (χ2n) is 7.65. The highest BCUT2D eigenvalue weighted by Gasteiger charge is 2.44. The number of carbonyl (C=O) groups is 1. The number of hydrogen-bond donors (Lipinski definition) is 3. The maximum absolute atomic E-state index is 11.8. The van der Waals surface area contributed by atoms with Gasteiger partial charge in [-0.25, -0.2) is 9.78 Å². The van der Waals surface area contributed by atoms with E-state index in [2.05, 4.69) is 10.2 Å². The third kappa shape index (κ3) is 3.47. The van der Waals surface area contributed by atoms with Gasteiger partial charge in [-0.15, -0.1) is 11.3 Å². The lowest BCUT2D eigenvalue weighted by Crippen LogP contribution is -2.58. The number of nitrogens with one attached hydrogen (secondary N) is 1. The molecule has 0 unspecified atom stereocenters. The molecule has 2 aromatic heterocycles. The fourth-order valence-electron chi connectivity index (χ4n) is 4.32. The summed E-state index contributed by atoms with van der Waals surface area (Å²) in [6.45, 7) is 5.02. The van der Waals surface area contributed by atoms with Crippen LogP contribution in [0.3, 0.4) is 0 Å². The van der Waals surface area contributed by atoms with Gasteiger partial charge >= 0.3 is 5.97 Å². The van der Waals surface area contributed by atoms with E-state index in [1.54, 1.807) is 23.5 Å². The van der Waals surface area contributed by atoms with Gasteiger partial charge in [0, 0.05) is 29.9 Å². The molecule has 0 saturated carbocycles. The molecule has 2 aromatic rings. The van der Waals surface area contributed by atoms with E-state index in [0.717, 1.165) is 49.5 Å². The van der Waals surface area contributed by atoms with Crippen molar-refractivity contribution in [1.82, 2.24) is 10.3 Å². The second kappa shape index (κ2) is 7.22. The van der Waals surface area contributed by atoms with E-state index in [4.69, 9.17) is 4.98 Å². The molecule has 2 fully saturated rings. The molecule has 2 atom stereocenters. The Bertz CT molecular complexity index is 849. The van der Waals surface area contributed by atoms with Gasteiger partial charge in [0.15, 0.2) is 0 Å². The summed E-state index contributed by atoms with van der Waals surface area (Å²) in [5.41, 5.74) is 0.793. The number of anilines is 1. The van der Waals surface area contributed by atoms with Crippen LogP contribution < -0.4 is 10.2 Å². The molecule has 0 radical (unpaired) electrons. The first-order valence-corrected chi connectivity index (χ1v) is 10.3. The van der Waals surface area contributed by atoms with E-state index in [1.807, 2.05) is 19.1 Å². The quantitative estimate of drug-likeness (QED) is 0.751. The minimum Gasteiger partial charge on any atom is -0.478 e. The first-order valence-electron chi connectivity index (χ1n) is 9.43. The Balaban J connectivity index is 1.71. The molecule has 7 heteroatoms. The lowest BCUT2D eigenvalue weighted by Gasteiger charge is -2.48. The minimum atomic E-state index is -0.964. The smallest absolute Gasteiger partial charge is 0.339 e. The Hall–Kier alpha value is -1.96. The van der Waals surface area contributed by atoms with Crippen molar-refractivity contribution in [2.45, 2.75) is 32.3 Å². The van der Waals surface area contributed by atoms with E-state index in [-0.39, 0.29) is 17.1 Å². The number of aryl methyl sites for hydroxylation is 1. The number of thiophene rings is 1. The molecule has 4 heterocycles. The van der Waals surface area contributed by atoms with Crippen LogP contribution in [0.4, 0.5) is 5.82 Å². The minimum absolute atomic E-state index is 0.224. The van der Waals surface area contributed by atoms with Crippen molar-refractivity contribution in [1.29, 1.82) is 0 Å². The van der Waals surface area contributed by atoms with Crippen LogP contribution in [-0.4, -0.2) is 53.4 Å². The molecule has 0 aliphatic carbocycles. The number of aromatic carboxylic acids is 1. The predicted octanol–water partition coefficient (Wildman–Crippen LogP) is 2.76. The van der Waals surface area contributed by atoms with Crippen LogP contribution in [0, 0.1) is 12.3 Å². The Morgan fingerprint density at radius 3 is 2.93 bits per heavy atom. The molecule has 27 heavy (non-hydrogen) atoms. The second-order valence-corrected chi connectivity index (χ2v) is 8.94. The van der Waals surface area contributed by atoms with Crippen molar-refractivity contribution in [2.24, 2.45) is 5.41 Å². The molecule has 3 N–H and O–H groups in total. The standard InChI is InChI=1S/C20H25N3O3S/c1-13-3-6-16(27-13)15-5-4-14(19(25)26)18(22-15)23-10-2-8-20(12-23)11-21-9-7-17(20)24/h3-6,17,21,24H,2,7-12H2,1H3,(H,25,26)/t17-,20-/m0/s1. The molecule has 2 aliphatic heterocycles. The van der Waals surface area contributed by atoms with Gasteiger partial charge in [0.1, 0.15) is 11.4 Å². The topological polar surface area (TPSA) is 85.7 Å². The average Bonchev–Trinajstić information content (AvgIpc) is 3.10. The lowest BCUT2D eigenvalue weighted by atomic mass is 9.72. The SMILES string of the molecule is Cc1ccc(-c2ccc(C(=O)O)c(N3CCC[C@]4(CNCC[C@@H]4O)C3)n2)s1. The van der Waals surface area contributed by atoms with E-state index in [9.17, 15) is 15.0 Å². The number of nitrogens with zero attached hydrogens (tertiary/aromatic N) is 2. The van der Waals surface area contributed by atoms with E-state index < -0.39 is 5.97 Å². The summed E-state index contributed by atoms with van der Waals surface area (Å²) < 4.78 is 0. The number of rotatable bonds is 3. The number of aliphatic hydroxyl groups excluding tert-OH is 1. The lowest BCUT2D eigenvalue weighted by molar-refractivity contribution is -0.0102. The number of aliphatic hydroxyl groups is 1. The van der Waals surface area contributed by atoms with Gasteiger partial charge in [-0.2, -0.15) is 0 Å². The zero-order valence-corrected chi connectivity index (χ0v) is 16.3. The molecular formula is C20H25N3O3S. The largest absolute Gasteiger partial charge is 0.478 e. The van der Waals surface area contributed by atoms with Crippen LogP contribution in [0.15, 0.2) is 24.3 Å². The monoisotopic (exact) mass is 387 g/mol. The van der Waals surface area contributed by atoms with Gasteiger partial charge in [-0.3, -0.25) is 0 Å². The molecule has 144 valence electrons. The highest BCUT2D eigenvalue weighted by molar-refractivity contribution is 7.15. The van der Waals surface area contributed by atoms with Crippen LogP contribution in [0.1, 0.15) is 34.5 Å². The van der Waals surface area contributed by atoms with Crippen LogP contribution in [0.25, 0.3) is 10.6 Å². The summed E-state index contributed by atoms with van der Waals surface area (Å²) in [5, 5.41) is 23.8. The van der Waals surface area contributed by atoms with E-state index >= 15 is 0 Å². The molecule has 2 saturated heterocycles. The fourth-order valence-corrected chi connectivity index (χ4v) is 5.16. The maximum atomic E-state index is 11.8. The zero-order chi connectivity index (χ0) is 19.0. The van der Waals surface area contributed by atoms with Gasteiger partial charge in [0.25, 0.3) is 0 Å². The van der Waals surface area contributed by atoms with Crippen molar-refractivity contribution in [2.75, 3.05) is 31.1 Å².